The Morgan fingerprint density at radius 2 is 1.59 bits per heavy atom. The molecule has 0 fully saturated rings. The molecule has 0 saturated carbocycles. The zero-order valence-corrected chi connectivity index (χ0v) is 21.6. The zero-order valence-electron chi connectivity index (χ0n) is 21.6. The first-order chi connectivity index (χ1) is 16.1. The van der Waals surface area contributed by atoms with E-state index in [9.17, 15) is 0 Å². The predicted octanol–water partition coefficient (Wildman–Crippen LogP) is 7.91. The van der Waals surface area contributed by atoms with Crippen LogP contribution in [0.5, 0.6) is 0 Å². The lowest BCUT2D eigenvalue weighted by molar-refractivity contribution is -0.643. The van der Waals surface area contributed by atoms with Crippen LogP contribution in [0.15, 0.2) is 54.7 Å². The summed E-state index contributed by atoms with van der Waals surface area (Å²) in [6, 6.07) is 19.0. The number of fused-ring (bicyclic) bond motifs is 5. The highest BCUT2D eigenvalue weighted by Gasteiger charge is 2.25. The lowest BCUT2D eigenvalue weighted by Gasteiger charge is -2.20. The molecule has 0 aliphatic carbocycles. The molecule has 3 heterocycles. The van der Waals surface area contributed by atoms with Gasteiger partial charge in [0, 0.05) is 16.8 Å². The van der Waals surface area contributed by atoms with E-state index in [1.807, 2.05) is 0 Å². The summed E-state index contributed by atoms with van der Waals surface area (Å²) in [5.74, 6) is 0.641. The Morgan fingerprint density at radius 3 is 2.32 bits per heavy atom. The highest BCUT2D eigenvalue weighted by atomic mass is 15.0. The lowest BCUT2D eigenvalue weighted by Crippen LogP contribution is -2.29. The Balaban J connectivity index is 1.89. The fourth-order valence-corrected chi connectivity index (χ4v) is 6.13. The summed E-state index contributed by atoms with van der Waals surface area (Å²) in [5.41, 5.74) is 9.80. The second-order valence-electron chi connectivity index (χ2n) is 12.0. The normalized spacial score (nSPS) is 13.1. The molecule has 0 radical (unpaired) electrons. The Bertz CT molecular complexity index is 1720. The number of benzene rings is 3. The number of rotatable bonds is 3. The van der Waals surface area contributed by atoms with E-state index in [-0.39, 0.29) is 5.41 Å². The summed E-state index contributed by atoms with van der Waals surface area (Å²) in [5, 5.41) is 6.80. The topological polar surface area (TPSA) is 8.29 Å². The molecule has 0 atom stereocenters. The molecular formula is C32H35N2+. The summed E-state index contributed by atoms with van der Waals surface area (Å²) in [7, 11) is 2.19. The SMILES string of the molecule is Cc1ccc2c3ccc(CC(C)C)cc3n3c4cc(CC(C)(C)C)cc5cc[n+](C)c(c1c23)c54. The second kappa shape index (κ2) is 7.18. The molecule has 0 bridgehead atoms. The van der Waals surface area contributed by atoms with Crippen LogP contribution in [-0.4, -0.2) is 4.40 Å². The molecule has 0 N–H and O–H groups in total. The maximum atomic E-state index is 2.58. The van der Waals surface area contributed by atoms with Crippen LogP contribution in [0.4, 0.5) is 0 Å². The smallest absolute Gasteiger partial charge is 0.224 e. The van der Waals surface area contributed by atoms with Crippen LogP contribution < -0.4 is 4.57 Å². The Labute approximate surface area is 202 Å². The minimum absolute atomic E-state index is 0.240. The minimum atomic E-state index is 0.240. The van der Waals surface area contributed by atoms with Crippen molar-refractivity contribution in [2.24, 2.45) is 18.4 Å². The molecule has 34 heavy (non-hydrogen) atoms. The van der Waals surface area contributed by atoms with E-state index in [0.717, 1.165) is 12.8 Å². The molecule has 0 amide bonds. The minimum Gasteiger partial charge on any atom is -0.307 e. The van der Waals surface area contributed by atoms with Crippen molar-refractivity contribution < 1.29 is 4.57 Å². The highest BCUT2D eigenvalue weighted by molar-refractivity contribution is 6.25. The van der Waals surface area contributed by atoms with Crippen molar-refractivity contribution in [1.29, 1.82) is 0 Å². The molecule has 6 aromatic rings. The van der Waals surface area contributed by atoms with E-state index in [2.05, 4.69) is 112 Å². The van der Waals surface area contributed by atoms with Gasteiger partial charge in [0.25, 0.3) is 0 Å². The third kappa shape index (κ3) is 3.11. The Morgan fingerprint density at radius 1 is 0.853 bits per heavy atom. The van der Waals surface area contributed by atoms with Gasteiger partial charge in [-0.25, -0.2) is 4.57 Å². The molecular weight excluding hydrogens is 412 g/mol. The van der Waals surface area contributed by atoms with Gasteiger partial charge in [0.1, 0.15) is 7.05 Å². The van der Waals surface area contributed by atoms with Crippen LogP contribution in [0.2, 0.25) is 0 Å². The second-order valence-corrected chi connectivity index (χ2v) is 12.0. The van der Waals surface area contributed by atoms with E-state index in [1.54, 1.807) is 0 Å². The van der Waals surface area contributed by atoms with Crippen molar-refractivity contribution in [2.75, 3.05) is 0 Å². The molecule has 2 heteroatoms. The van der Waals surface area contributed by atoms with Crippen molar-refractivity contribution in [3.05, 3.63) is 71.4 Å². The average molecular weight is 448 g/mol. The molecule has 172 valence electrons. The van der Waals surface area contributed by atoms with Crippen LogP contribution in [0.25, 0.3) is 49.0 Å². The van der Waals surface area contributed by atoms with Gasteiger partial charge in [-0.2, -0.15) is 0 Å². The van der Waals surface area contributed by atoms with Crippen LogP contribution in [0, 0.1) is 18.3 Å². The van der Waals surface area contributed by atoms with Crippen LogP contribution >= 0.6 is 0 Å². The molecule has 3 aromatic heterocycles. The quantitative estimate of drug-likeness (QED) is 0.148. The van der Waals surface area contributed by atoms with Gasteiger partial charge < -0.3 is 4.40 Å². The number of aryl methyl sites for hydroxylation is 2. The summed E-state index contributed by atoms with van der Waals surface area (Å²) >= 11 is 0. The van der Waals surface area contributed by atoms with E-state index in [0.29, 0.717) is 5.92 Å². The van der Waals surface area contributed by atoms with Crippen molar-refractivity contribution in [1.82, 2.24) is 4.40 Å². The summed E-state index contributed by atoms with van der Waals surface area (Å²) in [6.07, 6.45) is 4.40. The van der Waals surface area contributed by atoms with Gasteiger partial charge in [0.15, 0.2) is 6.20 Å². The van der Waals surface area contributed by atoms with Crippen molar-refractivity contribution in [3.8, 4) is 0 Å². The summed E-state index contributed by atoms with van der Waals surface area (Å²) in [6.45, 7) is 13.9. The first kappa shape index (κ1) is 21.4. The third-order valence-electron chi connectivity index (χ3n) is 7.33. The van der Waals surface area contributed by atoms with Crippen molar-refractivity contribution in [3.63, 3.8) is 0 Å². The average Bonchev–Trinajstić information content (AvgIpc) is 3.06. The van der Waals surface area contributed by atoms with Crippen LogP contribution in [0.1, 0.15) is 51.3 Å². The number of pyridine rings is 2. The first-order valence-electron chi connectivity index (χ1n) is 12.6. The van der Waals surface area contributed by atoms with E-state index in [1.165, 1.54) is 65.7 Å². The van der Waals surface area contributed by atoms with Crippen molar-refractivity contribution >= 4 is 49.0 Å². The number of hydrogen-bond acceptors (Lipinski definition) is 0. The van der Waals surface area contributed by atoms with Gasteiger partial charge in [0.05, 0.1) is 27.3 Å². The molecule has 0 aliphatic rings. The van der Waals surface area contributed by atoms with Gasteiger partial charge in [-0.3, -0.25) is 0 Å². The monoisotopic (exact) mass is 447 g/mol. The number of aromatic nitrogens is 2. The number of nitrogens with zero attached hydrogens (tertiary/aromatic N) is 2. The van der Waals surface area contributed by atoms with Crippen LogP contribution in [0.3, 0.4) is 0 Å². The summed E-state index contributed by atoms with van der Waals surface area (Å²) < 4.78 is 4.90. The summed E-state index contributed by atoms with van der Waals surface area (Å²) in [4.78, 5) is 0. The van der Waals surface area contributed by atoms with E-state index in [4.69, 9.17) is 0 Å². The molecule has 0 saturated heterocycles. The maximum absolute atomic E-state index is 2.58. The molecule has 6 rings (SSSR count). The molecule has 2 nitrogen and oxygen atoms in total. The predicted molar refractivity (Wildman–Crippen MR) is 146 cm³/mol. The van der Waals surface area contributed by atoms with Crippen LogP contribution in [-0.2, 0) is 19.9 Å². The zero-order chi connectivity index (χ0) is 23.9. The van der Waals surface area contributed by atoms with Gasteiger partial charge in [-0.05, 0) is 65.3 Å². The molecule has 0 unspecified atom stereocenters. The van der Waals surface area contributed by atoms with Gasteiger partial charge in [-0.1, -0.05) is 65.0 Å². The van der Waals surface area contributed by atoms with Gasteiger partial charge >= 0.3 is 0 Å². The van der Waals surface area contributed by atoms with E-state index >= 15 is 0 Å². The van der Waals surface area contributed by atoms with Gasteiger partial charge in [-0.15, -0.1) is 0 Å². The van der Waals surface area contributed by atoms with E-state index < -0.39 is 0 Å². The molecule has 3 aromatic carbocycles. The number of hydrogen-bond donors (Lipinski definition) is 0. The molecule has 0 spiro atoms. The highest BCUT2D eigenvalue weighted by Crippen LogP contribution is 2.41. The standard InChI is InChI=1S/C32H35N2/c1-19(2)14-21-9-11-24-25-10-8-20(3)28-30(25)34(26(24)16-21)27-17-22(18-32(4,5)6)15-23-12-13-33(7)31(28)29(23)27/h8-13,15-17,19H,14,18H2,1-7H3/q+1. The fourth-order valence-electron chi connectivity index (χ4n) is 6.13. The first-order valence-corrected chi connectivity index (χ1v) is 12.6. The largest absolute Gasteiger partial charge is 0.307 e. The maximum Gasteiger partial charge on any atom is 0.224 e. The molecule has 0 aliphatic heterocycles. The lowest BCUT2D eigenvalue weighted by atomic mass is 9.87. The Hall–Kier alpha value is -3.13. The fraction of sp³-hybridized carbons (Fsp3) is 0.344. The Kier molecular flexibility index (Phi) is 4.52. The van der Waals surface area contributed by atoms with Gasteiger partial charge in [0.2, 0.25) is 5.52 Å². The van der Waals surface area contributed by atoms with Crippen molar-refractivity contribution in [2.45, 2.75) is 54.4 Å². The third-order valence-corrected chi connectivity index (χ3v) is 7.33.